The minimum atomic E-state index is -1.41. The molecular formula is C20H40FN5. The van der Waals surface area contributed by atoms with Gasteiger partial charge in [-0.25, -0.2) is 4.39 Å². The number of aromatic nitrogens is 2. The Kier molecular flexibility index (Phi) is 13.1. The van der Waals surface area contributed by atoms with Crippen LogP contribution in [0.1, 0.15) is 79.1 Å². The van der Waals surface area contributed by atoms with Gasteiger partial charge in [0.25, 0.3) is 0 Å². The number of nitrogens with zero attached hydrogens (tertiary/aromatic N) is 4. The SMILES string of the molecule is CC.CCC(C)c1cc(C(C)(C)F)nn1CC(C)(C)N.CN=CC=NC. The predicted molar refractivity (Wildman–Crippen MR) is 114 cm³/mol. The highest BCUT2D eigenvalue weighted by Gasteiger charge is 2.26. The summed E-state index contributed by atoms with van der Waals surface area (Å²) in [6.07, 6.45) is 4.28. The summed E-state index contributed by atoms with van der Waals surface area (Å²) in [5.74, 6) is 0.357. The van der Waals surface area contributed by atoms with Crippen molar-refractivity contribution >= 4 is 12.4 Å². The van der Waals surface area contributed by atoms with Crippen molar-refractivity contribution in [1.82, 2.24) is 9.78 Å². The third-order valence-corrected chi connectivity index (χ3v) is 3.46. The molecule has 0 saturated carbocycles. The van der Waals surface area contributed by atoms with Crippen molar-refractivity contribution in [3.8, 4) is 0 Å². The first-order valence-corrected chi connectivity index (χ1v) is 9.35. The number of aliphatic imine (C=N–C) groups is 2. The number of hydrogen-bond donors (Lipinski definition) is 1. The Bertz CT molecular complexity index is 523. The largest absolute Gasteiger partial charge is 0.324 e. The van der Waals surface area contributed by atoms with Crippen molar-refractivity contribution in [3.63, 3.8) is 0 Å². The molecule has 1 atom stereocenters. The van der Waals surface area contributed by atoms with E-state index in [-0.39, 0.29) is 5.54 Å². The summed E-state index contributed by atoms with van der Waals surface area (Å²) in [6.45, 7) is 15.8. The fourth-order valence-electron chi connectivity index (χ4n) is 1.97. The summed E-state index contributed by atoms with van der Waals surface area (Å²) in [5.41, 5.74) is 5.83. The van der Waals surface area contributed by atoms with Gasteiger partial charge >= 0.3 is 0 Å². The highest BCUT2D eigenvalue weighted by Crippen LogP contribution is 2.28. The van der Waals surface area contributed by atoms with Crippen LogP contribution in [0.2, 0.25) is 0 Å². The molecule has 1 heterocycles. The van der Waals surface area contributed by atoms with Crippen LogP contribution in [0.15, 0.2) is 16.1 Å². The Morgan fingerprint density at radius 3 is 1.96 bits per heavy atom. The van der Waals surface area contributed by atoms with E-state index in [1.807, 2.05) is 38.4 Å². The molecule has 1 aromatic rings. The molecule has 26 heavy (non-hydrogen) atoms. The number of alkyl halides is 1. The molecule has 152 valence electrons. The second-order valence-corrected chi connectivity index (χ2v) is 7.20. The first-order valence-electron chi connectivity index (χ1n) is 9.35. The van der Waals surface area contributed by atoms with Crippen LogP contribution in [0, 0.1) is 0 Å². The van der Waals surface area contributed by atoms with Crippen LogP contribution in [-0.4, -0.2) is 41.8 Å². The van der Waals surface area contributed by atoms with Crippen LogP contribution in [0.5, 0.6) is 0 Å². The maximum Gasteiger partial charge on any atom is 0.149 e. The van der Waals surface area contributed by atoms with Crippen molar-refractivity contribution in [2.24, 2.45) is 15.7 Å². The van der Waals surface area contributed by atoms with Gasteiger partial charge in [0.1, 0.15) is 5.67 Å². The number of nitrogens with two attached hydrogens (primary N) is 1. The maximum absolute atomic E-state index is 14.0. The lowest BCUT2D eigenvalue weighted by molar-refractivity contribution is 0.211. The second kappa shape index (κ2) is 12.7. The van der Waals surface area contributed by atoms with Crippen molar-refractivity contribution in [2.75, 3.05) is 14.1 Å². The first-order chi connectivity index (χ1) is 12.0. The summed E-state index contributed by atoms with van der Waals surface area (Å²) in [4.78, 5) is 7.30. The Morgan fingerprint density at radius 2 is 1.65 bits per heavy atom. The molecule has 0 fully saturated rings. The van der Waals surface area contributed by atoms with E-state index in [2.05, 4.69) is 28.9 Å². The van der Waals surface area contributed by atoms with Gasteiger partial charge < -0.3 is 5.73 Å². The molecule has 0 radical (unpaired) electrons. The Morgan fingerprint density at radius 1 is 1.19 bits per heavy atom. The van der Waals surface area contributed by atoms with E-state index < -0.39 is 5.67 Å². The van der Waals surface area contributed by atoms with E-state index in [0.29, 0.717) is 18.2 Å². The highest BCUT2D eigenvalue weighted by molar-refractivity contribution is 6.15. The Labute approximate surface area is 160 Å². The van der Waals surface area contributed by atoms with Gasteiger partial charge in [-0.15, -0.1) is 0 Å². The molecule has 0 aromatic carbocycles. The van der Waals surface area contributed by atoms with Gasteiger partial charge in [-0.05, 0) is 46.1 Å². The number of halogens is 1. The Hall–Kier alpha value is -1.56. The van der Waals surface area contributed by atoms with Crippen LogP contribution in [0.4, 0.5) is 4.39 Å². The van der Waals surface area contributed by atoms with Crippen molar-refractivity contribution in [2.45, 2.75) is 85.5 Å². The molecule has 2 N–H and O–H groups in total. The monoisotopic (exact) mass is 369 g/mol. The lowest BCUT2D eigenvalue weighted by Gasteiger charge is -2.21. The molecule has 1 unspecified atom stereocenters. The molecule has 0 aliphatic carbocycles. The molecule has 1 aromatic heterocycles. The highest BCUT2D eigenvalue weighted by atomic mass is 19.1. The fourth-order valence-corrected chi connectivity index (χ4v) is 1.97. The third-order valence-electron chi connectivity index (χ3n) is 3.46. The van der Waals surface area contributed by atoms with Gasteiger partial charge in [0.2, 0.25) is 0 Å². The van der Waals surface area contributed by atoms with Crippen LogP contribution in [0.3, 0.4) is 0 Å². The molecular weight excluding hydrogens is 329 g/mol. The van der Waals surface area contributed by atoms with Crippen molar-refractivity contribution < 1.29 is 4.39 Å². The standard InChI is InChI=1S/C14H26FN3.C4H8N2.C2H6/c1-7-10(2)11-8-12(14(5,6)15)17-18(11)9-13(3,4)16;1-5-3-4-6-2;1-2/h8,10H,7,9,16H2,1-6H3;3-4H,1-2H3;1-2H3. The van der Waals surface area contributed by atoms with Gasteiger partial charge in [-0.2, -0.15) is 5.10 Å². The van der Waals surface area contributed by atoms with Gasteiger partial charge in [0.15, 0.2) is 0 Å². The van der Waals surface area contributed by atoms with Crippen LogP contribution >= 0.6 is 0 Å². The first kappa shape index (κ1) is 26.7. The molecule has 0 spiro atoms. The zero-order valence-corrected chi connectivity index (χ0v) is 18.5. The molecule has 1 rings (SSSR count). The van der Waals surface area contributed by atoms with E-state index in [0.717, 1.165) is 12.1 Å². The maximum atomic E-state index is 14.0. The Balaban J connectivity index is 0. The molecule has 0 bridgehead atoms. The van der Waals surface area contributed by atoms with Gasteiger partial charge in [-0.1, -0.05) is 27.7 Å². The number of rotatable bonds is 6. The molecule has 5 nitrogen and oxygen atoms in total. The second-order valence-electron chi connectivity index (χ2n) is 7.20. The molecule has 0 aliphatic heterocycles. The van der Waals surface area contributed by atoms with E-state index in [1.54, 1.807) is 26.5 Å². The minimum Gasteiger partial charge on any atom is -0.324 e. The normalized spacial score (nSPS) is 13.2. The van der Waals surface area contributed by atoms with E-state index in [4.69, 9.17) is 5.73 Å². The quantitative estimate of drug-likeness (QED) is 0.735. The van der Waals surface area contributed by atoms with Gasteiger partial charge in [0, 0.05) is 37.8 Å². The third kappa shape index (κ3) is 11.1. The van der Waals surface area contributed by atoms with Crippen molar-refractivity contribution in [1.29, 1.82) is 0 Å². The topological polar surface area (TPSA) is 68.6 Å². The zero-order chi connectivity index (χ0) is 21.0. The molecule has 0 saturated heterocycles. The summed E-state index contributed by atoms with van der Waals surface area (Å²) in [5, 5.41) is 4.40. The van der Waals surface area contributed by atoms with Gasteiger partial charge in [0.05, 0.1) is 12.2 Å². The van der Waals surface area contributed by atoms with Crippen LogP contribution in [0.25, 0.3) is 0 Å². The van der Waals surface area contributed by atoms with E-state index in [9.17, 15) is 4.39 Å². The average Bonchev–Trinajstić information content (AvgIpc) is 2.96. The zero-order valence-electron chi connectivity index (χ0n) is 18.5. The van der Waals surface area contributed by atoms with Crippen LogP contribution in [-0.2, 0) is 12.2 Å². The lowest BCUT2D eigenvalue weighted by Crippen LogP contribution is -2.38. The van der Waals surface area contributed by atoms with Crippen molar-refractivity contribution in [3.05, 3.63) is 17.5 Å². The molecule has 0 aliphatic rings. The van der Waals surface area contributed by atoms with E-state index >= 15 is 0 Å². The van der Waals surface area contributed by atoms with Gasteiger partial charge in [-0.3, -0.25) is 14.7 Å². The fraction of sp³-hybridized carbons (Fsp3) is 0.750. The predicted octanol–water partition coefficient (Wildman–Crippen LogP) is 4.75. The lowest BCUT2D eigenvalue weighted by atomic mass is 10.0. The molecule has 0 amide bonds. The van der Waals surface area contributed by atoms with E-state index in [1.165, 1.54) is 13.8 Å². The summed E-state index contributed by atoms with van der Waals surface area (Å²) >= 11 is 0. The smallest absolute Gasteiger partial charge is 0.149 e. The van der Waals surface area contributed by atoms with Crippen LogP contribution < -0.4 is 5.73 Å². The number of hydrogen-bond acceptors (Lipinski definition) is 4. The molecule has 6 heteroatoms. The summed E-state index contributed by atoms with van der Waals surface area (Å²) in [7, 11) is 3.42. The summed E-state index contributed by atoms with van der Waals surface area (Å²) in [6, 6.07) is 1.87. The summed E-state index contributed by atoms with van der Waals surface area (Å²) < 4.78 is 15.9. The minimum absolute atomic E-state index is 0.355. The average molecular weight is 370 g/mol.